The van der Waals surface area contributed by atoms with Crippen molar-refractivity contribution in [3.63, 3.8) is 0 Å². The third kappa shape index (κ3) is 6.81. The second kappa shape index (κ2) is 9.90. The van der Waals surface area contributed by atoms with Gasteiger partial charge in [-0.15, -0.1) is 11.3 Å². The Hall–Kier alpha value is -2.10. The SMILES string of the molecule is CCNC(=NCC(C)Cn1nc(C)cc1C)NCCc1nc(C(F)(F)F)cs1. The van der Waals surface area contributed by atoms with Gasteiger partial charge >= 0.3 is 6.18 Å². The lowest BCUT2D eigenvalue weighted by Gasteiger charge is -2.14. The quantitative estimate of drug-likeness (QED) is 0.511. The van der Waals surface area contributed by atoms with Gasteiger partial charge in [-0.25, -0.2) is 4.98 Å². The van der Waals surface area contributed by atoms with E-state index in [1.165, 1.54) is 0 Å². The summed E-state index contributed by atoms with van der Waals surface area (Å²) in [6, 6.07) is 2.05. The van der Waals surface area contributed by atoms with Gasteiger partial charge in [0.25, 0.3) is 0 Å². The number of hydrogen-bond donors (Lipinski definition) is 2. The van der Waals surface area contributed by atoms with Crippen molar-refractivity contribution in [2.75, 3.05) is 19.6 Å². The highest BCUT2D eigenvalue weighted by molar-refractivity contribution is 7.09. The highest BCUT2D eigenvalue weighted by Crippen LogP contribution is 2.29. The number of guanidine groups is 1. The molecule has 0 saturated carbocycles. The molecule has 2 rings (SSSR count). The van der Waals surface area contributed by atoms with Crippen molar-refractivity contribution >= 4 is 17.3 Å². The van der Waals surface area contributed by atoms with E-state index >= 15 is 0 Å². The summed E-state index contributed by atoms with van der Waals surface area (Å²) >= 11 is 1.02. The van der Waals surface area contributed by atoms with Crippen LogP contribution in [0.25, 0.3) is 0 Å². The molecule has 28 heavy (non-hydrogen) atoms. The van der Waals surface area contributed by atoms with E-state index in [2.05, 4.69) is 32.6 Å². The topological polar surface area (TPSA) is 67.1 Å². The Morgan fingerprint density at radius 1 is 1.32 bits per heavy atom. The first kappa shape index (κ1) is 22.2. The normalized spacial score (nSPS) is 13.6. The van der Waals surface area contributed by atoms with Crippen molar-refractivity contribution in [2.45, 2.75) is 46.8 Å². The highest BCUT2D eigenvalue weighted by Gasteiger charge is 2.33. The van der Waals surface area contributed by atoms with Gasteiger partial charge in [-0.1, -0.05) is 6.92 Å². The molecule has 0 aliphatic carbocycles. The maximum Gasteiger partial charge on any atom is 0.434 e. The molecule has 2 aromatic heterocycles. The lowest BCUT2D eigenvalue weighted by Crippen LogP contribution is -2.38. The number of halogens is 3. The van der Waals surface area contributed by atoms with Crippen molar-refractivity contribution < 1.29 is 13.2 Å². The van der Waals surface area contributed by atoms with Gasteiger partial charge in [0.2, 0.25) is 0 Å². The number of aliphatic imine (C=N–C) groups is 1. The van der Waals surface area contributed by atoms with Crippen LogP contribution in [0.15, 0.2) is 16.4 Å². The summed E-state index contributed by atoms with van der Waals surface area (Å²) in [5, 5.41) is 12.3. The Labute approximate surface area is 167 Å². The van der Waals surface area contributed by atoms with Crippen molar-refractivity contribution in [1.29, 1.82) is 0 Å². The molecule has 1 unspecified atom stereocenters. The van der Waals surface area contributed by atoms with Gasteiger partial charge in [-0.2, -0.15) is 18.3 Å². The fourth-order valence-electron chi connectivity index (χ4n) is 2.65. The summed E-state index contributed by atoms with van der Waals surface area (Å²) in [6.45, 7) is 10.6. The molecule has 10 heteroatoms. The van der Waals surface area contributed by atoms with Gasteiger partial charge in [-0.3, -0.25) is 9.67 Å². The zero-order valence-corrected chi connectivity index (χ0v) is 17.4. The van der Waals surface area contributed by atoms with E-state index in [0.717, 1.165) is 34.6 Å². The first-order valence-electron chi connectivity index (χ1n) is 9.23. The average molecular weight is 417 g/mol. The van der Waals surface area contributed by atoms with Crippen LogP contribution in [0, 0.1) is 19.8 Å². The molecule has 0 spiro atoms. The van der Waals surface area contributed by atoms with Crippen molar-refractivity contribution in [2.24, 2.45) is 10.9 Å². The smallest absolute Gasteiger partial charge is 0.357 e. The summed E-state index contributed by atoms with van der Waals surface area (Å²) in [6.07, 6.45) is -3.98. The molecule has 0 aromatic carbocycles. The predicted molar refractivity (Wildman–Crippen MR) is 106 cm³/mol. The van der Waals surface area contributed by atoms with Crippen molar-refractivity contribution in [3.05, 3.63) is 33.5 Å². The Morgan fingerprint density at radius 2 is 2.07 bits per heavy atom. The molecule has 0 fully saturated rings. The second-order valence-electron chi connectivity index (χ2n) is 6.74. The summed E-state index contributed by atoms with van der Waals surface area (Å²) < 4.78 is 39.8. The third-order valence-corrected chi connectivity index (χ3v) is 4.88. The van der Waals surface area contributed by atoms with Gasteiger partial charge in [0.15, 0.2) is 11.7 Å². The van der Waals surface area contributed by atoms with Crippen LogP contribution in [0.3, 0.4) is 0 Å². The average Bonchev–Trinajstić information content (AvgIpc) is 3.19. The van der Waals surface area contributed by atoms with Crippen LogP contribution in [0.2, 0.25) is 0 Å². The molecule has 0 aliphatic rings. The van der Waals surface area contributed by atoms with E-state index < -0.39 is 11.9 Å². The molecule has 1 atom stereocenters. The minimum Gasteiger partial charge on any atom is -0.357 e. The molecule has 2 heterocycles. The standard InChI is InChI=1S/C18H27F3N6S/c1-5-22-17(23-7-6-16-25-15(11-28-16)18(19,20)21)24-9-12(2)10-27-14(4)8-13(3)26-27/h8,11-12H,5-7,9-10H2,1-4H3,(H2,22,23,24). The molecule has 156 valence electrons. The number of nitrogens with zero attached hydrogens (tertiary/aromatic N) is 4. The maximum atomic E-state index is 12.6. The maximum absolute atomic E-state index is 12.6. The highest BCUT2D eigenvalue weighted by atomic mass is 32.1. The summed E-state index contributed by atoms with van der Waals surface area (Å²) in [5.74, 6) is 0.942. The molecule has 0 aliphatic heterocycles. The Morgan fingerprint density at radius 3 is 2.64 bits per heavy atom. The molecule has 0 saturated heterocycles. The largest absolute Gasteiger partial charge is 0.434 e. The molecule has 0 bridgehead atoms. The zero-order valence-electron chi connectivity index (χ0n) is 16.6. The van der Waals surface area contributed by atoms with Gasteiger partial charge in [0, 0.05) is 43.7 Å². The van der Waals surface area contributed by atoms with Crippen LogP contribution >= 0.6 is 11.3 Å². The third-order valence-electron chi connectivity index (χ3n) is 3.97. The van der Waals surface area contributed by atoms with Crippen molar-refractivity contribution in [1.82, 2.24) is 25.4 Å². The van der Waals surface area contributed by atoms with E-state index in [1.807, 2.05) is 31.5 Å². The summed E-state index contributed by atoms with van der Waals surface area (Å²) in [7, 11) is 0. The van der Waals surface area contributed by atoms with Crippen LogP contribution in [-0.2, 0) is 19.1 Å². The minimum atomic E-state index is -4.39. The number of rotatable bonds is 8. The molecule has 0 radical (unpaired) electrons. The zero-order chi connectivity index (χ0) is 20.7. The van der Waals surface area contributed by atoms with E-state index in [0.29, 0.717) is 42.9 Å². The van der Waals surface area contributed by atoms with Crippen LogP contribution in [0.4, 0.5) is 13.2 Å². The van der Waals surface area contributed by atoms with Gasteiger partial charge < -0.3 is 10.6 Å². The number of hydrogen-bond acceptors (Lipinski definition) is 4. The molecular formula is C18H27F3N6S. The van der Waals surface area contributed by atoms with Crippen LogP contribution < -0.4 is 10.6 Å². The minimum absolute atomic E-state index is 0.293. The molecule has 2 aromatic rings. The first-order valence-corrected chi connectivity index (χ1v) is 10.1. The predicted octanol–water partition coefficient (Wildman–Crippen LogP) is 3.41. The van der Waals surface area contributed by atoms with Crippen LogP contribution in [0.1, 0.15) is 35.9 Å². The molecule has 6 nitrogen and oxygen atoms in total. The lowest BCUT2D eigenvalue weighted by atomic mass is 10.2. The van der Waals surface area contributed by atoms with E-state index in [-0.39, 0.29) is 0 Å². The second-order valence-corrected chi connectivity index (χ2v) is 7.68. The fourth-order valence-corrected chi connectivity index (χ4v) is 3.45. The number of aromatic nitrogens is 3. The monoisotopic (exact) mass is 416 g/mol. The Kier molecular flexibility index (Phi) is 7.85. The van der Waals surface area contributed by atoms with Crippen LogP contribution in [-0.4, -0.2) is 40.4 Å². The van der Waals surface area contributed by atoms with Gasteiger partial charge in [0.05, 0.1) is 10.7 Å². The van der Waals surface area contributed by atoms with E-state index in [1.54, 1.807) is 0 Å². The van der Waals surface area contributed by atoms with E-state index in [4.69, 9.17) is 0 Å². The summed E-state index contributed by atoms with van der Waals surface area (Å²) in [5.41, 5.74) is 1.30. The first-order chi connectivity index (χ1) is 13.2. The number of alkyl halides is 3. The number of aryl methyl sites for hydroxylation is 2. The number of nitrogens with one attached hydrogen (secondary N) is 2. The molecule has 2 N–H and O–H groups in total. The lowest BCUT2D eigenvalue weighted by molar-refractivity contribution is -0.140. The Balaban J connectivity index is 1.84. The fraction of sp³-hybridized carbons (Fsp3) is 0.611. The molecule has 0 amide bonds. The number of thiazole rings is 1. The van der Waals surface area contributed by atoms with Gasteiger partial charge in [0.1, 0.15) is 0 Å². The van der Waals surface area contributed by atoms with Crippen molar-refractivity contribution in [3.8, 4) is 0 Å². The van der Waals surface area contributed by atoms with E-state index in [9.17, 15) is 13.2 Å². The van der Waals surface area contributed by atoms with Crippen LogP contribution in [0.5, 0.6) is 0 Å². The summed E-state index contributed by atoms with van der Waals surface area (Å²) in [4.78, 5) is 8.22. The molecular weight excluding hydrogens is 389 g/mol. The van der Waals surface area contributed by atoms with Gasteiger partial charge in [-0.05, 0) is 32.8 Å². The Bertz CT molecular complexity index is 781.